The van der Waals surface area contributed by atoms with Crippen molar-refractivity contribution in [3.8, 4) is 0 Å². The van der Waals surface area contributed by atoms with Gasteiger partial charge in [-0.3, -0.25) is 9.35 Å². The van der Waals surface area contributed by atoms with Gasteiger partial charge in [-0.25, -0.2) is 4.79 Å². The van der Waals surface area contributed by atoms with E-state index in [0.29, 0.717) is 6.42 Å². The maximum Gasteiger partial charge on any atom is 0.339 e. The van der Waals surface area contributed by atoms with Crippen LogP contribution in [0.2, 0.25) is 0 Å². The zero-order valence-electron chi connectivity index (χ0n) is 13.2. The number of benzene rings is 1. The molecule has 1 N–H and O–H groups in total. The molecule has 0 aliphatic rings. The van der Waals surface area contributed by atoms with Crippen molar-refractivity contribution in [3.63, 3.8) is 0 Å². The summed E-state index contributed by atoms with van der Waals surface area (Å²) < 4.78 is 41.3. The van der Waals surface area contributed by atoms with Gasteiger partial charge in [0.05, 0.1) is 11.0 Å². The number of rotatable bonds is 7. The summed E-state index contributed by atoms with van der Waals surface area (Å²) in [7, 11) is -4.53. The Kier molecular flexibility index (Phi) is 6.28. The highest BCUT2D eigenvalue weighted by atomic mass is 32.2. The Hall–Kier alpha value is -1.93. The van der Waals surface area contributed by atoms with E-state index in [0.717, 1.165) is 6.07 Å². The lowest BCUT2D eigenvalue weighted by molar-refractivity contribution is -0.155. The first-order valence-corrected chi connectivity index (χ1v) is 8.44. The van der Waals surface area contributed by atoms with Gasteiger partial charge in [0.15, 0.2) is 0 Å². The molecule has 0 saturated carbocycles. The number of hydrogen-bond donors (Lipinski definition) is 1. The number of hydrogen-bond acceptors (Lipinski definition) is 6. The molecule has 1 rings (SSSR count). The largest absolute Gasteiger partial charge is 0.462 e. The first-order chi connectivity index (χ1) is 10.6. The molecule has 0 radical (unpaired) electrons. The quantitative estimate of drug-likeness (QED) is 0.458. The SMILES string of the molecule is CCC(C)(C)C(=O)OCCOC(=O)c1ccccc1S(=O)(=O)O. The highest BCUT2D eigenvalue weighted by molar-refractivity contribution is 7.86. The van der Waals surface area contributed by atoms with E-state index < -0.39 is 32.4 Å². The second kappa shape index (κ2) is 7.56. The molecule has 0 aliphatic carbocycles. The van der Waals surface area contributed by atoms with Crippen LogP contribution in [0, 0.1) is 5.41 Å². The van der Waals surface area contributed by atoms with Crippen LogP contribution in [-0.4, -0.2) is 38.1 Å². The van der Waals surface area contributed by atoms with Crippen LogP contribution < -0.4 is 0 Å². The predicted molar refractivity (Wildman–Crippen MR) is 81.6 cm³/mol. The van der Waals surface area contributed by atoms with Crippen molar-refractivity contribution in [2.45, 2.75) is 32.1 Å². The minimum atomic E-state index is -4.53. The lowest BCUT2D eigenvalue weighted by Gasteiger charge is -2.20. The molecule has 0 fully saturated rings. The third-order valence-corrected chi connectivity index (χ3v) is 4.28. The summed E-state index contributed by atoms with van der Waals surface area (Å²) in [4.78, 5) is 23.1. The topological polar surface area (TPSA) is 107 Å². The van der Waals surface area contributed by atoms with Gasteiger partial charge in [-0.2, -0.15) is 8.42 Å². The van der Waals surface area contributed by atoms with E-state index in [4.69, 9.17) is 14.0 Å². The first-order valence-electron chi connectivity index (χ1n) is 7.00. The molecule has 23 heavy (non-hydrogen) atoms. The fourth-order valence-electron chi connectivity index (χ4n) is 1.55. The molecule has 0 heterocycles. The summed E-state index contributed by atoms with van der Waals surface area (Å²) in [6, 6.07) is 5.12. The fraction of sp³-hybridized carbons (Fsp3) is 0.467. The fourth-order valence-corrected chi connectivity index (χ4v) is 2.23. The zero-order valence-corrected chi connectivity index (χ0v) is 14.1. The molecule has 7 nitrogen and oxygen atoms in total. The average Bonchev–Trinajstić information content (AvgIpc) is 2.50. The van der Waals surface area contributed by atoms with Crippen molar-refractivity contribution in [1.29, 1.82) is 0 Å². The molecule has 0 amide bonds. The molecular formula is C15H20O7S. The van der Waals surface area contributed by atoms with Crippen molar-refractivity contribution in [1.82, 2.24) is 0 Å². The number of carbonyl (C=O) groups is 2. The van der Waals surface area contributed by atoms with E-state index in [1.165, 1.54) is 18.2 Å². The van der Waals surface area contributed by atoms with Gasteiger partial charge in [0.2, 0.25) is 0 Å². The normalized spacial score (nSPS) is 11.8. The van der Waals surface area contributed by atoms with Crippen LogP contribution in [0.4, 0.5) is 0 Å². The molecule has 0 aliphatic heterocycles. The Morgan fingerprint density at radius 2 is 1.70 bits per heavy atom. The van der Waals surface area contributed by atoms with Crippen molar-refractivity contribution >= 4 is 22.1 Å². The van der Waals surface area contributed by atoms with Gasteiger partial charge >= 0.3 is 11.9 Å². The molecule has 1 aromatic carbocycles. The summed E-state index contributed by atoms with van der Waals surface area (Å²) in [6.07, 6.45) is 0.605. The highest BCUT2D eigenvalue weighted by Gasteiger charge is 2.27. The standard InChI is InChI=1S/C15H20O7S/c1-4-15(2,3)14(17)22-10-9-21-13(16)11-7-5-6-8-12(11)23(18,19)20/h5-8H,4,9-10H2,1-3H3,(H,18,19,20). The van der Waals surface area contributed by atoms with Gasteiger partial charge in [-0.15, -0.1) is 0 Å². The van der Waals surface area contributed by atoms with E-state index in [1.807, 2.05) is 6.92 Å². The lowest BCUT2D eigenvalue weighted by atomic mass is 9.91. The molecule has 8 heteroatoms. The zero-order chi connectivity index (χ0) is 17.7. The molecule has 0 unspecified atom stereocenters. The van der Waals surface area contributed by atoms with Gasteiger partial charge < -0.3 is 9.47 Å². The lowest BCUT2D eigenvalue weighted by Crippen LogP contribution is -2.27. The second-order valence-corrected chi connectivity index (χ2v) is 6.87. The van der Waals surface area contributed by atoms with Crippen molar-refractivity contribution in [2.75, 3.05) is 13.2 Å². The predicted octanol–water partition coefficient (Wildman–Crippen LogP) is 2.07. The van der Waals surface area contributed by atoms with Crippen LogP contribution in [0.15, 0.2) is 29.2 Å². The Balaban J connectivity index is 2.61. The number of esters is 2. The summed E-state index contributed by atoms with van der Waals surface area (Å²) in [5.41, 5.74) is -0.906. The summed E-state index contributed by atoms with van der Waals surface area (Å²) in [5.74, 6) is -1.33. The molecular weight excluding hydrogens is 324 g/mol. The Morgan fingerprint density at radius 3 is 2.26 bits per heavy atom. The molecule has 0 aromatic heterocycles. The van der Waals surface area contributed by atoms with Gasteiger partial charge in [-0.1, -0.05) is 19.1 Å². The number of ether oxygens (including phenoxy) is 2. The minimum Gasteiger partial charge on any atom is -0.462 e. The molecule has 0 atom stereocenters. The van der Waals surface area contributed by atoms with Crippen LogP contribution in [0.25, 0.3) is 0 Å². The third kappa shape index (κ3) is 5.33. The summed E-state index contributed by atoms with van der Waals surface area (Å²) in [6.45, 7) is 4.98. The Morgan fingerprint density at radius 1 is 1.13 bits per heavy atom. The smallest absolute Gasteiger partial charge is 0.339 e. The molecule has 1 aromatic rings. The van der Waals surface area contributed by atoms with E-state index in [2.05, 4.69) is 0 Å². The number of carbonyl (C=O) groups excluding carboxylic acids is 2. The Labute approximate surface area is 135 Å². The van der Waals surface area contributed by atoms with Crippen molar-refractivity contribution in [2.24, 2.45) is 5.41 Å². The molecule has 0 saturated heterocycles. The van der Waals surface area contributed by atoms with Gasteiger partial charge in [0.25, 0.3) is 10.1 Å². The maximum atomic E-state index is 11.9. The van der Waals surface area contributed by atoms with Crippen LogP contribution >= 0.6 is 0 Å². The monoisotopic (exact) mass is 344 g/mol. The van der Waals surface area contributed by atoms with Gasteiger partial charge in [0.1, 0.15) is 18.1 Å². The van der Waals surface area contributed by atoms with Gasteiger partial charge in [0, 0.05) is 0 Å². The maximum absolute atomic E-state index is 11.9. The van der Waals surface area contributed by atoms with E-state index >= 15 is 0 Å². The van der Waals surface area contributed by atoms with Crippen LogP contribution in [0.5, 0.6) is 0 Å². The van der Waals surface area contributed by atoms with Crippen LogP contribution in [0.3, 0.4) is 0 Å². The molecule has 0 bridgehead atoms. The van der Waals surface area contributed by atoms with Gasteiger partial charge in [-0.05, 0) is 32.4 Å². The molecule has 128 valence electrons. The third-order valence-electron chi connectivity index (χ3n) is 3.37. The Bertz CT molecular complexity index is 677. The summed E-state index contributed by atoms with van der Waals surface area (Å²) >= 11 is 0. The minimum absolute atomic E-state index is 0.137. The molecule has 0 spiro atoms. The average molecular weight is 344 g/mol. The van der Waals surface area contributed by atoms with Crippen LogP contribution in [-0.2, 0) is 24.4 Å². The summed E-state index contributed by atoms with van der Waals surface area (Å²) in [5, 5.41) is 0. The van der Waals surface area contributed by atoms with E-state index in [9.17, 15) is 18.0 Å². The van der Waals surface area contributed by atoms with Crippen molar-refractivity contribution < 1.29 is 32.0 Å². The van der Waals surface area contributed by atoms with Crippen LogP contribution in [0.1, 0.15) is 37.6 Å². The van der Waals surface area contributed by atoms with E-state index in [1.54, 1.807) is 13.8 Å². The van der Waals surface area contributed by atoms with E-state index in [-0.39, 0.29) is 18.8 Å². The van der Waals surface area contributed by atoms with Crippen molar-refractivity contribution in [3.05, 3.63) is 29.8 Å². The first kappa shape index (κ1) is 19.1. The highest BCUT2D eigenvalue weighted by Crippen LogP contribution is 2.21. The second-order valence-electron chi connectivity index (χ2n) is 5.48.